The lowest BCUT2D eigenvalue weighted by Crippen LogP contribution is -2.36. The molecule has 1 N–H and O–H groups in total. The van der Waals surface area contributed by atoms with Crippen molar-refractivity contribution in [3.63, 3.8) is 0 Å². The highest BCUT2D eigenvalue weighted by atomic mass is 16.5. The Bertz CT molecular complexity index is 1350. The van der Waals surface area contributed by atoms with E-state index in [1.807, 2.05) is 60.7 Å². The molecule has 1 aliphatic heterocycles. The predicted molar refractivity (Wildman–Crippen MR) is 142 cm³/mol. The number of amides is 2. The van der Waals surface area contributed by atoms with E-state index in [0.717, 1.165) is 30.0 Å². The van der Waals surface area contributed by atoms with Crippen LogP contribution in [0.25, 0.3) is 16.9 Å². The van der Waals surface area contributed by atoms with Crippen molar-refractivity contribution in [2.24, 2.45) is 0 Å². The second kappa shape index (κ2) is 11.0. The number of anilines is 2. The lowest BCUT2D eigenvalue weighted by atomic mass is 10.1. The molecule has 2 aromatic carbocycles. The van der Waals surface area contributed by atoms with Gasteiger partial charge < -0.3 is 19.9 Å². The van der Waals surface area contributed by atoms with Gasteiger partial charge in [0.1, 0.15) is 5.69 Å². The van der Waals surface area contributed by atoms with Gasteiger partial charge in [-0.1, -0.05) is 18.2 Å². The van der Waals surface area contributed by atoms with Crippen molar-refractivity contribution in [1.29, 1.82) is 0 Å². The Balaban J connectivity index is 1.29. The largest absolute Gasteiger partial charge is 0.378 e. The maximum atomic E-state index is 13.4. The van der Waals surface area contributed by atoms with Gasteiger partial charge in [-0.2, -0.15) is 5.10 Å². The van der Waals surface area contributed by atoms with E-state index < -0.39 is 0 Å². The molecule has 0 aliphatic carbocycles. The molecule has 37 heavy (non-hydrogen) atoms. The maximum Gasteiger partial charge on any atom is 0.257 e. The van der Waals surface area contributed by atoms with Crippen LogP contribution in [0, 0.1) is 0 Å². The normalized spacial score (nSPS) is 13.3. The van der Waals surface area contributed by atoms with Crippen LogP contribution in [0.5, 0.6) is 0 Å². The second-order valence-corrected chi connectivity index (χ2v) is 8.77. The fourth-order valence-electron chi connectivity index (χ4n) is 4.23. The SMILES string of the molecule is CN(CC(=O)Nc1ccc(N2CCOCC2)cc1)C(=O)c1cn(-c2ccccc2)nc1-c1cccnc1. The molecule has 1 saturated heterocycles. The van der Waals surface area contributed by atoms with Crippen LogP contribution in [0.4, 0.5) is 11.4 Å². The van der Waals surface area contributed by atoms with Crippen molar-refractivity contribution in [2.45, 2.75) is 0 Å². The van der Waals surface area contributed by atoms with Gasteiger partial charge in [0.05, 0.1) is 31.0 Å². The molecular formula is C28H28N6O3. The van der Waals surface area contributed by atoms with E-state index in [0.29, 0.717) is 30.2 Å². The number of aromatic nitrogens is 3. The van der Waals surface area contributed by atoms with Crippen LogP contribution < -0.4 is 10.2 Å². The maximum absolute atomic E-state index is 13.4. The third-order valence-corrected chi connectivity index (χ3v) is 6.16. The lowest BCUT2D eigenvalue weighted by molar-refractivity contribution is -0.116. The van der Waals surface area contributed by atoms with Crippen molar-refractivity contribution in [3.8, 4) is 16.9 Å². The van der Waals surface area contributed by atoms with Crippen molar-refractivity contribution in [2.75, 3.05) is 50.1 Å². The Morgan fingerprint density at radius 3 is 2.43 bits per heavy atom. The molecule has 2 amide bonds. The van der Waals surface area contributed by atoms with E-state index >= 15 is 0 Å². The zero-order valence-electron chi connectivity index (χ0n) is 20.6. The monoisotopic (exact) mass is 496 g/mol. The highest BCUT2D eigenvalue weighted by Crippen LogP contribution is 2.24. The number of carbonyl (C=O) groups excluding carboxylic acids is 2. The summed E-state index contributed by atoms with van der Waals surface area (Å²) in [5.74, 6) is -0.591. The molecule has 188 valence electrons. The van der Waals surface area contributed by atoms with Gasteiger partial charge in [-0.05, 0) is 48.5 Å². The van der Waals surface area contributed by atoms with Gasteiger partial charge in [0, 0.05) is 55.7 Å². The van der Waals surface area contributed by atoms with Crippen LogP contribution in [0.15, 0.2) is 85.3 Å². The Hall–Kier alpha value is -4.50. The number of hydrogen-bond donors (Lipinski definition) is 1. The topological polar surface area (TPSA) is 92.6 Å². The molecule has 5 rings (SSSR count). The first-order valence-electron chi connectivity index (χ1n) is 12.1. The predicted octanol–water partition coefficient (Wildman–Crippen LogP) is 3.48. The number of carbonyl (C=O) groups is 2. The molecular weight excluding hydrogens is 468 g/mol. The van der Waals surface area contributed by atoms with Crippen LogP contribution in [-0.2, 0) is 9.53 Å². The fourth-order valence-corrected chi connectivity index (χ4v) is 4.23. The summed E-state index contributed by atoms with van der Waals surface area (Å²) in [7, 11) is 1.61. The van der Waals surface area contributed by atoms with E-state index in [-0.39, 0.29) is 18.4 Å². The van der Waals surface area contributed by atoms with Crippen molar-refractivity contribution >= 4 is 23.2 Å². The van der Waals surface area contributed by atoms with Gasteiger partial charge in [-0.3, -0.25) is 14.6 Å². The number of benzene rings is 2. The van der Waals surface area contributed by atoms with E-state index in [9.17, 15) is 9.59 Å². The number of ether oxygens (including phenoxy) is 1. The molecule has 0 atom stereocenters. The van der Waals surface area contributed by atoms with Gasteiger partial charge in [0.2, 0.25) is 5.91 Å². The number of pyridine rings is 1. The third kappa shape index (κ3) is 5.68. The number of likely N-dealkylation sites (N-methyl/N-ethyl adjacent to an activating group) is 1. The Labute approximate surface area is 215 Å². The highest BCUT2D eigenvalue weighted by molar-refractivity contribution is 6.02. The summed E-state index contributed by atoms with van der Waals surface area (Å²) in [6, 6.07) is 20.9. The molecule has 1 fully saturated rings. The molecule has 0 saturated carbocycles. The van der Waals surface area contributed by atoms with Crippen LogP contribution in [0.1, 0.15) is 10.4 Å². The van der Waals surface area contributed by atoms with Crippen molar-refractivity contribution in [3.05, 3.63) is 90.9 Å². The van der Waals surface area contributed by atoms with Crippen LogP contribution in [-0.4, -0.2) is 71.4 Å². The summed E-state index contributed by atoms with van der Waals surface area (Å²) in [6.45, 7) is 3.02. The molecule has 9 nitrogen and oxygen atoms in total. The number of morpholine rings is 1. The highest BCUT2D eigenvalue weighted by Gasteiger charge is 2.23. The smallest absolute Gasteiger partial charge is 0.257 e. The van der Waals surface area contributed by atoms with Crippen molar-refractivity contribution < 1.29 is 14.3 Å². The molecule has 0 spiro atoms. The Kier molecular flexibility index (Phi) is 7.23. The van der Waals surface area contributed by atoms with Gasteiger partial charge in [-0.15, -0.1) is 0 Å². The number of rotatable bonds is 7. The zero-order valence-corrected chi connectivity index (χ0v) is 20.6. The van der Waals surface area contributed by atoms with Crippen LogP contribution >= 0.6 is 0 Å². The van der Waals surface area contributed by atoms with Gasteiger partial charge >= 0.3 is 0 Å². The summed E-state index contributed by atoms with van der Waals surface area (Å²) < 4.78 is 7.07. The van der Waals surface area contributed by atoms with Gasteiger partial charge in [0.15, 0.2) is 0 Å². The number of para-hydroxylation sites is 1. The molecule has 0 bridgehead atoms. The molecule has 1 aliphatic rings. The minimum absolute atomic E-state index is 0.104. The minimum Gasteiger partial charge on any atom is -0.378 e. The molecule has 0 unspecified atom stereocenters. The fraction of sp³-hybridized carbons (Fsp3) is 0.214. The number of nitrogens with one attached hydrogen (secondary N) is 1. The zero-order chi connectivity index (χ0) is 25.6. The number of nitrogens with zero attached hydrogens (tertiary/aromatic N) is 5. The molecule has 0 radical (unpaired) electrons. The van der Waals surface area contributed by atoms with Gasteiger partial charge in [-0.25, -0.2) is 4.68 Å². The van der Waals surface area contributed by atoms with E-state index in [4.69, 9.17) is 4.74 Å². The first kappa shape index (κ1) is 24.2. The van der Waals surface area contributed by atoms with Gasteiger partial charge in [0.25, 0.3) is 5.91 Å². The lowest BCUT2D eigenvalue weighted by Gasteiger charge is -2.28. The summed E-state index contributed by atoms with van der Waals surface area (Å²) in [5.41, 5.74) is 4.21. The summed E-state index contributed by atoms with van der Waals surface area (Å²) in [5, 5.41) is 7.54. The summed E-state index contributed by atoms with van der Waals surface area (Å²) in [4.78, 5) is 34.0. The van der Waals surface area contributed by atoms with E-state index in [1.165, 1.54) is 4.90 Å². The van der Waals surface area contributed by atoms with Crippen LogP contribution in [0.2, 0.25) is 0 Å². The first-order chi connectivity index (χ1) is 18.1. The second-order valence-electron chi connectivity index (χ2n) is 8.77. The van der Waals surface area contributed by atoms with Crippen molar-refractivity contribution in [1.82, 2.24) is 19.7 Å². The molecule has 3 heterocycles. The minimum atomic E-state index is -0.307. The average Bonchev–Trinajstić information content (AvgIpc) is 3.40. The molecule has 4 aromatic rings. The van der Waals surface area contributed by atoms with E-state index in [1.54, 1.807) is 36.4 Å². The van der Waals surface area contributed by atoms with E-state index in [2.05, 4.69) is 20.3 Å². The summed E-state index contributed by atoms with van der Waals surface area (Å²) in [6.07, 6.45) is 5.03. The summed E-state index contributed by atoms with van der Waals surface area (Å²) >= 11 is 0. The standard InChI is InChI=1S/C28H28N6O3/c1-32(20-26(35)30-22-9-11-23(12-10-22)33-14-16-37-17-15-33)28(36)25-19-34(24-7-3-2-4-8-24)31-27(25)21-6-5-13-29-18-21/h2-13,18-19H,14-17,20H2,1H3,(H,30,35). The third-order valence-electron chi connectivity index (χ3n) is 6.16. The quantitative estimate of drug-likeness (QED) is 0.421. The average molecular weight is 497 g/mol. The first-order valence-corrected chi connectivity index (χ1v) is 12.1. The molecule has 9 heteroatoms. The van der Waals surface area contributed by atoms with Crippen LogP contribution in [0.3, 0.4) is 0 Å². The number of hydrogen-bond acceptors (Lipinski definition) is 6. The Morgan fingerprint density at radius 2 is 1.73 bits per heavy atom. The molecule has 2 aromatic heterocycles. The Morgan fingerprint density at radius 1 is 0.973 bits per heavy atom.